The SMILES string of the molecule is O=C1NCCCC1C1CCOC2(CCOC2)C1. The van der Waals surface area contributed by atoms with E-state index in [2.05, 4.69) is 5.32 Å². The molecule has 0 aromatic rings. The molecule has 0 saturated carbocycles. The second-order valence-electron chi connectivity index (χ2n) is 5.63. The van der Waals surface area contributed by atoms with Crippen LogP contribution < -0.4 is 5.32 Å². The molecule has 0 aromatic heterocycles. The van der Waals surface area contributed by atoms with Crippen molar-refractivity contribution in [2.75, 3.05) is 26.4 Å². The Hall–Kier alpha value is -0.610. The van der Waals surface area contributed by atoms with Gasteiger partial charge in [-0.25, -0.2) is 0 Å². The molecule has 1 amide bonds. The third kappa shape index (κ3) is 2.20. The number of nitrogens with one attached hydrogen (secondary N) is 1. The summed E-state index contributed by atoms with van der Waals surface area (Å²) in [5, 5.41) is 3.00. The summed E-state index contributed by atoms with van der Waals surface area (Å²) in [6, 6.07) is 0. The van der Waals surface area contributed by atoms with Gasteiger partial charge in [0.1, 0.15) is 0 Å². The van der Waals surface area contributed by atoms with Gasteiger partial charge in [0.25, 0.3) is 0 Å². The van der Waals surface area contributed by atoms with E-state index < -0.39 is 0 Å². The zero-order chi connectivity index (χ0) is 11.7. The molecule has 3 atom stereocenters. The van der Waals surface area contributed by atoms with Crippen LogP contribution in [-0.4, -0.2) is 37.9 Å². The number of carbonyl (C=O) groups is 1. The van der Waals surface area contributed by atoms with Crippen LogP contribution in [0.15, 0.2) is 0 Å². The number of hydrogen-bond acceptors (Lipinski definition) is 3. The molecule has 3 fully saturated rings. The summed E-state index contributed by atoms with van der Waals surface area (Å²) in [6.07, 6.45) is 5.20. The van der Waals surface area contributed by atoms with E-state index in [4.69, 9.17) is 9.47 Å². The lowest BCUT2D eigenvalue weighted by Gasteiger charge is -2.40. The number of ether oxygens (including phenoxy) is 2. The standard InChI is InChI=1S/C13H21NO3/c15-12-11(2-1-5-14-12)10-3-6-17-13(8-10)4-7-16-9-13/h10-11H,1-9H2,(H,14,15). The molecule has 4 nitrogen and oxygen atoms in total. The van der Waals surface area contributed by atoms with Crippen molar-refractivity contribution >= 4 is 5.91 Å². The van der Waals surface area contributed by atoms with E-state index in [1.165, 1.54) is 0 Å². The maximum absolute atomic E-state index is 11.9. The van der Waals surface area contributed by atoms with Crippen molar-refractivity contribution < 1.29 is 14.3 Å². The first-order valence-corrected chi connectivity index (χ1v) is 6.79. The van der Waals surface area contributed by atoms with Crippen molar-refractivity contribution in [3.8, 4) is 0 Å². The fraction of sp³-hybridized carbons (Fsp3) is 0.923. The van der Waals surface area contributed by atoms with Crippen LogP contribution in [0.4, 0.5) is 0 Å². The quantitative estimate of drug-likeness (QED) is 0.745. The largest absolute Gasteiger partial charge is 0.378 e. The Balaban J connectivity index is 1.68. The molecule has 3 unspecified atom stereocenters. The topological polar surface area (TPSA) is 47.6 Å². The Morgan fingerprint density at radius 3 is 3.00 bits per heavy atom. The lowest BCUT2D eigenvalue weighted by Crippen LogP contribution is -2.47. The predicted molar refractivity (Wildman–Crippen MR) is 62.6 cm³/mol. The van der Waals surface area contributed by atoms with Gasteiger partial charge in [-0.3, -0.25) is 4.79 Å². The van der Waals surface area contributed by atoms with Gasteiger partial charge in [-0.2, -0.15) is 0 Å². The van der Waals surface area contributed by atoms with E-state index in [0.29, 0.717) is 5.92 Å². The van der Waals surface area contributed by atoms with Gasteiger partial charge >= 0.3 is 0 Å². The third-order valence-electron chi connectivity index (χ3n) is 4.50. The lowest BCUT2D eigenvalue weighted by atomic mass is 9.75. The number of carbonyl (C=O) groups excluding carboxylic acids is 1. The Morgan fingerprint density at radius 1 is 1.29 bits per heavy atom. The molecule has 0 bridgehead atoms. The normalized spacial score (nSPS) is 42.7. The van der Waals surface area contributed by atoms with Gasteiger partial charge in [0.05, 0.1) is 12.2 Å². The average Bonchev–Trinajstić information content (AvgIpc) is 2.78. The molecule has 0 radical (unpaired) electrons. The van der Waals surface area contributed by atoms with E-state index in [0.717, 1.165) is 58.5 Å². The van der Waals surface area contributed by atoms with Gasteiger partial charge in [0.2, 0.25) is 5.91 Å². The second kappa shape index (κ2) is 4.58. The van der Waals surface area contributed by atoms with Crippen LogP contribution in [0.2, 0.25) is 0 Å². The molecule has 96 valence electrons. The smallest absolute Gasteiger partial charge is 0.223 e. The molecule has 3 heterocycles. The predicted octanol–water partition coefficient (Wildman–Crippen LogP) is 1.10. The average molecular weight is 239 g/mol. The van der Waals surface area contributed by atoms with Gasteiger partial charge in [-0.1, -0.05) is 0 Å². The zero-order valence-corrected chi connectivity index (χ0v) is 10.2. The van der Waals surface area contributed by atoms with Crippen molar-refractivity contribution in [3.05, 3.63) is 0 Å². The molecule has 1 N–H and O–H groups in total. The van der Waals surface area contributed by atoms with Crippen LogP contribution in [0.25, 0.3) is 0 Å². The zero-order valence-electron chi connectivity index (χ0n) is 10.2. The molecule has 17 heavy (non-hydrogen) atoms. The van der Waals surface area contributed by atoms with Crippen molar-refractivity contribution in [1.29, 1.82) is 0 Å². The van der Waals surface area contributed by atoms with Crippen LogP contribution in [0, 0.1) is 11.8 Å². The van der Waals surface area contributed by atoms with Gasteiger partial charge in [-0.15, -0.1) is 0 Å². The number of amides is 1. The highest BCUT2D eigenvalue weighted by Crippen LogP contribution is 2.40. The number of piperidine rings is 1. The molecule has 3 aliphatic rings. The van der Waals surface area contributed by atoms with Crippen LogP contribution in [0.5, 0.6) is 0 Å². The molecular weight excluding hydrogens is 218 g/mol. The van der Waals surface area contributed by atoms with Crippen molar-refractivity contribution in [1.82, 2.24) is 5.32 Å². The first-order chi connectivity index (χ1) is 8.29. The van der Waals surface area contributed by atoms with Gasteiger partial charge in [0, 0.05) is 32.1 Å². The Bertz CT molecular complexity index is 299. The maximum atomic E-state index is 11.9. The molecule has 1 spiro atoms. The summed E-state index contributed by atoms with van der Waals surface area (Å²) in [5.74, 6) is 0.966. The Kier molecular flexibility index (Phi) is 3.09. The molecule has 3 aliphatic heterocycles. The molecule has 3 saturated heterocycles. The van der Waals surface area contributed by atoms with Gasteiger partial charge in [0.15, 0.2) is 0 Å². The highest BCUT2D eigenvalue weighted by molar-refractivity contribution is 5.79. The fourth-order valence-corrected chi connectivity index (χ4v) is 3.52. The lowest BCUT2D eigenvalue weighted by molar-refractivity contribution is -0.137. The highest BCUT2D eigenvalue weighted by atomic mass is 16.6. The van der Waals surface area contributed by atoms with E-state index in [1.54, 1.807) is 0 Å². The summed E-state index contributed by atoms with van der Waals surface area (Å²) < 4.78 is 11.4. The second-order valence-corrected chi connectivity index (χ2v) is 5.63. The fourth-order valence-electron chi connectivity index (χ4n) is 3.52. The molecule has 3 rings (SSSR count). The third-order valence-corrected chi connectivity index (χ3v) is 4.50. The van der Waals surface area contributed by atoms with Gasteiger partial charge in [-0.05, 0) is 31.6 Å². The first-order valence-electron chi connectivity index (χ1n) is 6.79. The maximum Gasteiger partial charge on any atom is 0.223 e. The number of hydrogen-bond donors (Lipinski definition) is 1. The van der Waals surface area contributed by atoms with Crippen LogP contribution in [0.1, 0.15) is 32.1 Å². The van der Waals surface area contributed by atoms with Crippen molar-refractivity contribution in [2.24, 2.45) is 11.8 Å². The van der Waals surface area contributed by atoms with Gasteiger partial charge < -0.3 is 14.8 Å². The summed E-state index contributed by atoms with van der Waals surface area (Å²) >= 11 is 0. The van der Waals surface area contributed by atoms with Crippen LogP contribution >= 0.6 is 0 Å². The summed E-state index contributed by atoms with van der Waals surface area (Å²) in [7, 11) is 0. The van der Waals surface area contributed by atoms with E-state index in [-0.39, 0.29) is 17.4 Å². The molecule has 4 heteroatoms. The summed E-state index contributed by atoms with van der Waals surface area (Å²) in [5.41, 5.74) is -0.0688. The molecular formula is C13H21NO3. The summed E-state index contributed by atoms with van der Waals surface area (Å²) in [4.78, 5) is 11.9. The Morgan fingerprint density at radius 2 is 2.24 bits per heavy atom. The number of rotatable bonds is 1. The molecule has 0 aromatic carbocycles. The Labute approximate surface area is 102 Å². The van der Waals surface area contributed by atoms with Crippen LogP contribution in [-0.2, 0) is 14.3 Å². The molecule has 0 aliphatic carbocycles. The van der Waals surface area contributed by atoms with E-state index in [1.807, 2.05) is 0 Å². The minimum Gasteiger partial charge on any atom is -0.378 e. The van der Waals surface area contributed by atoms with Crippen molar-refractivity contribution in [2.45, 2.75) is 37.7 Å². The van der Waals surface area contributed by atoms with E-state index >= 15 is 0 Å². The van der Waals surface area contributed by atoms with Crippen molar-refractivity contribution in [3.63, 3.8) is 0 Å². The highest BCUT2D eigenvalue weighted by Gasteiger charge is 2.44. The monoisotopic (exact) mass is 239 g/mol. The first kappa shape index (κ1) is 11.5. The summed E-state index contributed by atoms with van der Waals surface area (Å²) in [6.45, 7) is 3.17. The van der Waals surface area contributed by atoms with Crippen LogP contribution in [0.3, 0.4) is 0 Å². The van der Waals surface area contributed by atoms with E-state index in [9.17, 15) is 4.79 Å². The minimum atomic E-state index is -0.0688. The minimum absolute atomic E-state index is 0.0688.